The van der Waals surface area contributed by atoms with Crippen LogP contribution < -0.4 is 19.7 Å². The van der Waals surface area contributed by atoms with Crippen LogP contribution in [0.1, 0.15) is 31.4 Å². The molecular weight excluding hydrogens is 400 g/mol. The Balaban J connectivity index is 1.18. The SMILES string of the molecule is C[C@@H](NC(=O)C1CCN(c2nc3cccnc3s2)CC1)c1ccc2c(c1)OCCO2. The van der Waals surface area contributed by atoms with Gasteiger partial charge < -0.3 is 19.7 Å². The van der Waals surface area contributed by atoms with E-state index in [9.17, 15) is 4.79 Å². The monoisotopic (exact) mass is 424 g/mol. The molecule has 1 saturated heterocycles. The summed E-state index contributed by atoms with van der Waals surface area (Å²) in [6, 6.07) is 9.68. The number of thiazole rings is 1. The zero-order valence-electron chi connectivity index (χ0n) is 16.8. The van der Waals surface area contributed by atoms with Crippen molar-refractivity contribution in [2.24, 2.45) is 5.92 Å². The molecule has 7 nitrogen and oxygen atoms in total. The highest BCUT2D eigenvalue weighted by Crippen LogP contribution is 2.33. The van der Waals surface area contributed by atoms with E-state index in [4.69, 9.17) is 9.47 Å². The van der Waals surface area contributed by atoms with Gasteiger partial charge in [-0.1, -0.05) is 17.4 Å². The van der Waals surface area contributed by atoms with Gasteiger partial charge in [0.25, 0.3) is 0 Å². The number of benzene rings is 1. The number of carbonyl (C=O) groups is 1. The average molecular weight is 425 g/mol. The van der Waals surface area contributed by atoms with Crippen LogP contribution in [-0.4, -0.2) is 42.2 Å². The van der Waals surface area contributed by atoms with Crippen molar-refractivity contribution >= 4 is 32.7 Å². The van der Waals surface area contributed by atoms with Crippen LogP contribution in [0, 0.1) is 5.92 Å². The van der Waals surface area contributed by atoms with Crippen LogP contribution in [0.4, 0.5) is 5.13 Å². The lowest BCUT2D eigenvalue weighted by Crippen LogP contribution is -2.41. The Labute approximate surface area is 179 Å². The van der Waals surface area contributed by atoms with E-state index in [1.807, 2.05) is 37.3 Å². The number of nitrogens with one attached hydrogen (secondary N) is 1. The summed E-state index contributed by atoms with van der Waals surface area (Å²) in [5.41, 5.74) is 1.96. The maximum Gasteiger partial charge on any atom is 0.223 e. The summed E-state index contributed by atoms with van der Waals surface area (Å²) in [5, 5.41) is 4.16. The first-order valence-corrected chi connectivity index (χ1v) is 11.2. The van der Waals surface area contributed by atoms with E-state index >= 15 is 0 Å². The van der Waals surface area contributed by atoms with Gasteiger partial charge in [0.15, 0.2) is 16.6 Å². The molecule has 2 aliphatic rings. The van der Waals surface area contributed by atoms with E-state index in [2.05, 4.69) is 20.2 Å². The number of amides is 1. The molecule has 2 aliphatic heterocycles. The zero-order chi connectivity index (χ0) is 20.5. The minimum absolute atomic E-state index is 0.0217. The molecule has 1 N–H and O–H groups in total. The van der Waals surface area contributed by atoms with Gasteiger partial charge in [-0.25, -0.2) is 9.97 Å². The molecule has 0 radical (unpaired) electrons. The third kappa shape index (κ3) is 3.79. The lowest BCUT2D eigenvalue weighted by Gasteiger charge is -2.31. The van der Waals surface area contributed by atoms with Crippen molar-refractivity contribution < 1.29 is 14.3 Å². The molecule has 5 rings (SSSR count). The van der Waals surface area contributed by atoms with Gasteiger partial charge in [0, 0.05) is 25.2 Å². The lowest BCUT2D eigenvalue weighted by atomic mass is 9.95. The van der Waals surface area contributed by atoms with Gasteiger partial charge in [-0.05, 0) is 49.6 Å². The van der Waals surface area contributed by atoms with Crippen LogP contribution in [0.15, 0.2) is 36.5 Å². The number of pyridine rings is 1. The van der Waals surface area contributed by atoms with Crippen LogP contribution in [0.2, 0.25) is 0 Å². The molecule has 0 spiro atoms. The van der Waals surface area contributed by atoms with E-state index in [1.165, 1.54) is 0 Å². The van der Waals surface area contributed by atoms with E-state index in [-0.39, 0.29) is 17.9 Å². The molecule has 30 heavy (non-hydrogen) atoms. The quantitative estimate of drug-likeness (QED) is 0.690. The van der Waals surface area contributed by atoms with Gasteiger partial charge in [-0.2, -0.15) is 0 Å². The highest BCUT2D eigenvalue weighted by Gasteiger charge is 2.27. The van der Waals surface area contributed by atoms with Crippen LogP contribution in [0.3, 0.4) is 0 Å². The summed E-state index contributed by atoms with van der Waals surface area (Å²) in [4.78, 5) is 25.1. The van der Waals surface area contributed by atoms with Crippen molar-refractivity contribution in [1.29, 1.82) is 0 Å². The van der Waals surface area contributed by atoms with Gasteiger partial charge >= 0.3 is 0 Å². The number of carbonyl (C=O) groups excluding carboxylic acids is 1. The molecule has 4 heterocycles. The minimum Gasteiger partial charge on any atom is -0.486 e. The summed E-state index contributed by atoms with van der Waals surface area (Å²) in [7, 11) is 0. The smallest absolute Gasteiger partial charge is 0.223 e. The second kappa shape index (κ2) is 8.10. The fourth-order valence-electron chi connectivity index (χ4n) is 3.97. The molecule has 1 amide bonds. The Bertz CT molecular complexity index is 1030. The molecule has 156 valence electrons. The Morgan fingerprint density at radius 3 is 2.80 bits per heavy atom. The number of nitrogens with zero attached hydrogens (tertiary/aromatic N) is 3. The van der Waals surface area contributed by atoms with E-state index in [0.29, 0.717) is 13.2 Å². The Morgan fingerprint density at radius 2 is 2.00 bits per heavy atom. The molecular formula is C22H24N4O3S. The number of hydrogen-bond acceptors (Lipinski definition) is 7. The standard InChI is InChI=1S/C22H24N4O3S/c1-14(16-4-5-18-19(13-16)29-12-11-28-18)24-20(27)15-6-9-26(10-7-15)22-25-17-3-2-8-23-21(17)30-22/h2-5,8,13-15H,6-7,9-12H2,1H3,(H,24,27)/t14-/m1/s1. The van der Waals surface area contributed by atoms with Gasteiger partial charge in [0.1, 0.15) is 23.6 Å². The summed E-state index contributed by atoms with van der Waals surface area (Å²) < 4.78 is 11.2. The predicted molar refractivity (Wildman–Crippen MR) is 116 cm³/mol. The van der Waals surface area contributed by atoms with Crippen molar-refractivity contribution in [2.75, 3.05) is 31.2 Å². The average Bonchev–Trinajstić information content (AvgIpc) is 3.23. The molecule has 1 aromatic carbocycles. The van der Waals surface area contributed by atoms with Crippen molar-refractivity contribution in [2.45, 2.75) is 25.8 Å². The first-order valence-electron chi connectivity index (χ1n) is 10.3. The second-order valence-corrected chi connectivity index (χ2v) is 8.67. The Kier molecular flexibility index (Phi) is 5.16. The molecule has 8 heteroatoms. The first kappa shape index (κ1) is 19.1. The lowest BCUT2D eigenvalue weighted by molar-refractivity contribution is -0.126. The van der Waals surface area contributed by atoms with Gasteiger partial charge in [0.2, 0.25) is 5.91 Å². The predicted octanol–water partition coefficient (Wildman–Crippen LogP) is 3.56. The number of aromatic nitrogens is 2. The number of piperidine rings is 1. The summed E-state index contributed by atoms with van der Waals surface area (Å²) in [6.07, 6.45) is 3.44. The Hall–Kier alpha value is -2.87. The second-order valence-electron chi connectivity index (χ2n) is 7.72. The first-order chi connectivity index (χ1) is 14.7. The maximum atomic E-state index is 12.8. The number of ether oxygens (including phenoxy) is 2. The molecule has 2 aromatic heterocycles. The van der Waals surface area contributed by atoms with Crippen molar-refractivity contribution in [3.05, 3.63) is 42.1 Å². The van der Waals surface area contributed by atoms with Crippen LogP contribution in [0.25, 0.3) is 10.3 Å². The number of fused-ring (bicyclic) bond motifs is 2. The fraction of sp³-hybridized carbons (Fsp3) is 0.409. The minimum atomic E-state index is -0.0818. The van der Waals surface area contributed by atoms with Crippen LogP contribution in [0.5, 0.6) is 11.5 Å². The molecule has 0 bridgehead atoms. The normalized spacial score (nSPS) is 17.7. The molecule has 0 saturated carbocycles. The summed E-state index contributed by atoms with van der Waals surface area (Å²) >= 11 is 1.61. The fourth-order valence-corrected chi connectivity index (χ4v) is 4.93. The number of anilines is 1. The van der Waals surface area contributed by atoms with E-state index in [1.54, 1.807) is 17.5 Å². The third-order valence-electron chi connectivity index (χ3n) is 5.72. The van der Waals surface area contributed by atoms with Crippen molar-refractivity contribution in [3.8, 4) is 11.5 Å². The summed E-state index contributed by atoms with van der Waals surface area (Å²) in [6.45, 7) is 4.80. The van der Waals surface area contributed by atoms with Gasteiger partial charge in [-0.3, -0.25) is 4.79 Å². The van der Waals surface area contributed by atoms with E-state index in [0.717, 1.165) is 58.5 Å². The van der Waals surface area contributed by atoms with Crippen molar-refractivity contribution in [3.63, 3.8) is 0 Å². The number of hydrogen-bond donors (Lipinski definition) is 1. The molecule has 1 fully saturated rings. The third-order valence-corrected chi connectivity index (χ3v) is 6.76. The largest absolute Gasteiger partial charge is 0.486 e. The van der Waals surface area contributed by atoms with Crippen molar-refractivity contribution in [1.82, 2.24) is 15.3 Å². The summed E-state index contributed by atoms with van der Waals surface area (Å²) in [5.74, 6) is 1.65. The highest BCUT2D eigenvalue weighted by atomic mass is 32.1. The van der Waals surface area contributed by atoms with Gasteiger partial charge in [0.05, 0.1) is 6.04 Å². The highest BCUT2D eigenvalue weighted by molar-refractivity contribution is 7.21. The molecule has 0 unspecified atom stereocenters. The Morgan fingerprint density at radius 1 is 1.20 bits per heavy atom. The van der Waals surface area contributed by atoms with Gasteiger partial charge in [-0.15, -0.1) is 0 Å². The van der Waals surface area contributed by atoms with Crippen LogP contribution >= 0.6 is 11.3 Å². The molecule has 1 atom stereocenters. The zero-order valence-corrected chi connectivity index (χ0v) is 17.7. The van der Waals surface area contributed by atoms with Crippen LogP contribution in [-0.2, 0) is 4.79 Å². The number of rotatable bonds is 4. The topological polar surface area (TPSA) is 76.6 Å². The molecule has 0 aliphatic carbocycles. The van der Waals surface area contributed by atoms with E-state index < -0.39 is 0 Å². The maximum absolute atomic E-state index is 12.8. The molecule has 3 aromatic rings.